The summed E-state index contributed by atoms with van der Waals surface area (Å²) >= 11 is 0. The van der Waals surface area contributed by atoms with E-state index < -0.39 is 0 Å². The monoisotopic (exact) mass is 178 g/mol. The SMILES string of the molecule is CNC(=NNc1ccccc1)NC. The van der Waals surface area contributed by atoms with Gasteiger partial charge < -0.3 is 10.6 Å². The molecule has 0 aliphatic heterocycles. The van der Waals surface area contributed by atoms with Gasteiger partial charge in [0.1, 0.15) is 0 Å². The van der Waals surface area contributed by atoms with Crippen molar-refractivity contribution >= 4 is 11.6 Å². The van der Waals surface area contributed by atoms with Crippen molar-refractivity contribution < 1.29 is 0 Å². The largest absolute Gasteiger partial charge is 0.358 e. The van der Waals surface area contributed by atoms with E-state index in [2.05, 4.69) is 21.2 Å². The Bertz CT molecular complexity index is 262. The van der Waals surface area contributed by atoms with Crippen molar-refractivity contribution in [1.82, 2.24) is 10.6 Å². The molecule has 0 aliphatic rings. The van der Waals surface area contributed by atoms with E-state index in [-0.39, 0.29) is 0 Å². The summed E-state index contributed by atoms with van der Waals surface area (Å²) in [5, 5.41) is 9.87. The topological polar surface area (TPSA) is 48.5 Å². The maximum Gasteiger partial charge on any atom is 0.213 e. The molecule has 0 aliphatic carbocycles. The van der Waals surface area contributed by atoms with Gasteiger partial charge in [0.2, 0.25) is 5.96 Å². The fraction of sp³-hybridized carbons (Fsp3) is 0.222. The zero-order valence-electron chi connectivity index (χ0n) is 7.83. The van der Waals surface area contributed by atoms with Gasteiger partial charge in [0.05, 0.1) is 5.69 Å². The summed E-state index contributed by atoms with van der Waals surface area (Å²) in [6.07, 6.45) is 0. The first-order valence-electron chi connectivity index (χ1n) is 4.11. The molecule has 0 amide bonds. The predicted octanol–water partition coefficient (Wildman–Crippen LogP) is 0.808. The quantitative estimate of drug-likeness (QED) is 0.357. The van der Waals surface area contributed by atoms with Crippen LogP contribution in [0, 0.1) is 0 Å². The molecular formula is C9H14N4. The molecule has 4 heteroatoms. The highest BCUT2D eigenvalue weighted by molar-refractivity contribution is 5.79. The number of benzene rings is 1. The third kappa shape index (κ3) is 3.02. The van der Waals surface area contributed by atoms with Crippen molar-refractivity contribution in [3.05, 3.63) is 30.3 Å². The average molecular weight is 178 g/mol. The van der Waals surface area contributed by atoms with Crippen LogP contribution >= 0.6 is 0 Å². The lowest BCUT2D eigenvalue weighted by molar-refractivity contribution is 1.01. The van der Waals surface area contributed by atoms with E-state index in [4.69, 9.17) is 0 Å². The molecule has 3 N–H and O–H groups in total. The second-order valence-corrected chi connectivity index (χ2v) is 2.44. The lowest BCUT2D eigenvalue weighted by Gasteiger charge is -2.04. The Kier molecular flexibility index (Phi) is 3.63. The van der Waals surface area contributed by atoms with Gasteiger partial charge in [0.15, 0.2) is 0 Å². The lowest BCUT2D eigenvalue weighted by atomic mass is 10.3. The van der Waals surface area contributed by atoms with Crippen LogP contribution in [0.3, 0.4) is 0 Å². The number of hydrogen-bond donors (Lipinski definition) is 3. The van der Waals surface area contributed by atoms with Crippen LogP contribution in [-0.2, 0) is 0 Å². The van der Waals surface area contributed by atoms with E-state index >= 15 is 0 Å². The molecule has 0 saturated heterocycles. The normalized spacial score (nSPS) is 8.77. The molecule has 0 heterocycles. The number of para-hydroxylation sites is 1. The summed E-state index contributed by atoms with van der Waals surface area (Å²) in [6.45, 7) is 0. The van der Waals surface area contributed by atoms with Gasteiger partial charge >= 0.3 is 0 Å². The molecule has 1 aromatic carbocycles. The summed E-state index contributed by atoms with van der Waals surface area (Å²) in [6, 6.07) is 9.78. The summed E-state index contributed by atoms with van der Waals surface area (Å²) in [4.78, 5) is 0. The van der Waals surface area contributed by atoms with Gasteiger partial charge in [-0.15, -0.1) is 5.10 Å². The number of guanidine groups is 1. The Morgan fingerprint density at radius 3 is 2.23 bits per heavy atom. The molecule has 0 atom stereocenters. The molecule has 0 spiro atoms. The van der Waals surface area contributed by atoms with E-state index in [1.807, 2.05) is 44.4 Å². The van der Waals surface area contributed by atoms with E-state index in [0.29, 0.717) is 5.96 Å². The van der Waals surface area contributed by atoms with Crippen molar-refractivity contribution in [2.45, 2.75) is 0 Å². The highest BCUT2D eigenvalue weighted by Gasteiger charge is 1.89. The molecule has 1 rings (SSSR count). The summed E-state index contributed by atoms with van der Waals surface area (Å²) in [7, 11) is 3.62. The Hall–Kier alpha value is -1.71. The number of rotatable bonds is 2. The Morgan fingerprint density at radius 2 is 1.69 bits per heavy atom. The van der Waals surface area contributed by atoms with Crippen LogP contribution in [-0.4, -0.2) is 20.1 Å². The minimum atomic E-state index is 0.698. The molecule has 4 nitrogen and oxygen atoms in total. The van der Waals surface area contributed by atoms with E-state index in [1.54, 1.807) is 0 Å². The van der Waals surface area contributed by atoms with Crippen molar-refractivity contribution in [3.8, 4) is 0 Å². The number of nitrogens with one attached hydrogen (secondary N) is 3. The second-order valence-electron chi connectivity index (χ2n) is 2.44. The molecule has 0 aromatic heterocycles. The molecular weight excluding hydrogens is 164 g/mol. The zero-order chi connectivity index (χ0) is 9.52. The number of hydrazone groups is 1. The minimum absolute atomic E-state index is 0.698. The molecule has 13 heavy (non-hydrogen) atoms. The molecule has 0 fully saturated rings. The van der Waals surface area contributed by atoms with Crippen molar-refractivity contribution in [1.29, 1.82) is 0 Å². The third-order valence-electron chi connectivity index (χ3n) is 1.54. The predicted molar refractivity (Wildman–Crippen MR) is 55.6 cm³/mol. The van der Waals surface area contributed by atoms with Gasteiger partial charge in [0, 0.05) is 14.1 Å². The Labute approximate surface area is 78.0 Å². The smallest absolute Gasteiger partial charge is 0.213 e. The van der Waals surface area contributed by atoms with Gasteiger partial charge in [-0.3, -0.25) is 5.43 Å². The van der Waals surface area contributed by atoms with Gasteiger partial charge in [-0.05, 0) is 12.1 Å². The summed E-state index contributed by atoms with van der Waals surface area (Å²) < 4.78 is 0. The van der Waals surface area contributed by atoms with E-state index in [1.165, 1.54) is 0 Å². The molecule has 70 valence electrons. The van der Waals surface area contributed by atoms with Crippen LogP contribution in [0.5, 0.6) is 0 Å². The first kappa shape index (κ1) is 9.38. The molecule has 0 bridgehead atoms. The van der Waals surface area contributed by atoms with E-state index in [9.17, 15) is 0 Å². The van der Waals surface area contributed by atoms with Crippen molar-refractivity contribution in [3.63, 3.8) is 0 Å². The minimum Gasteiger partial charge on any atom is -0.358 e. The van der Waals surface area contributed by atoms with Gasteiger partial charge in [0.25, 0.3) is 0 Å². The lowest BCUT2D eigenvalue weighted by Crippen LogP contribution is -2.32. The fourth-order valence-electron chi connectivity index (χ4n) is 0.870. The second kappa shape index (κ2) is 5.03. The first-order valence-corrected chi connectivity index (χ1v) is 4.11. The van der Waals surface area contributed by atoms with Gasteiger partial charge in [-0.1, -0.05) is 18.2 Å². The Morgan fingerprint density at radius 1 is 1.08 bits per heavy atom. The van der Waals surface area contributed by atoms with Gasteiger partial charge in [-0.25, -0.2) is 0 Å². The van der Waals surface area contributed by atoms with Crippen molar-refractivity contribution in [2.24, 2.45) is 5.10 Å². The highest BCUT2D eigenvalue weighted by atomic mass is 15.4. The highest BCUT2D eigenvalue weighted by Crippen LogP contribution is 2.03. The maximum absolute atomic E-state index is 4.08. The van der Waals surface area contributed by atoms with Crippen LogP contribution in [0.2, 0.25) is 0 Å². The first-order chi connectivity index (χ1) is 6.36. The van der Waals surface area contributed by atoms with Crippen LogP contribution < -0.4 is 16.1 Å². The Balaban J connectivity index is 2.55. The number of anilines is 1. The molecule has 0 unspecified atom stereocenters. The molecule has 0 radical (unpaired) electrons. The molecule has 0 saturated carbocycles. The average Bonchev–Trinajstić information content (AvgIpc) is 2.21. The van der Waals surface area contributed by atoms with Crippen LogP contribution in [0.4, 0.5) is 5.69 Å². The maximum atomic E-state index is 4.08. The number of hydrogen-bond acceptors (Lipinski definition) is 2. The van der Waals surface area contributed by atoms with E-state index in [0.717, 1.165) is 5.69 Å². The van der Waals surface area contributed by atoms with Crippen LogP contribution in [0.1, 0.15) is 0 Å². The van der Waals surface area contributed by atoms with Crippen LogP contribution in [0.25, 0.3) is 0 Å². The molecule has 1 aromatic rings. The fourth-order valence-corrected chi connectivity index (χ4v) is 0.870. The zero-order valence-corrected chi connectivity index (χ0v) is 7.83. The van der Waals surface area contributed by atoms with Gasteiger partial charge in [-0.2, -0.15) is 0 Å². The van der Waals surface area contributed by atoms with Crippen LogP contribution in [0.15, 0.2) is 35.4 Å². The summed E-state index contributed by atoms with van der Waals surface area (Å²) in [5.41, 5.74) is 3.87. The van der Waals surface area contributed by atoms with Crippen molar-refractivity contribution in [2.75, 3.05) is 19.5 Å². The number of nitrogens with zero attached hydrogens (tertiary/aromatic N) is 1. The third-order valence-corrected chi connectivity index (χ3v) is 1.54. The summed E-state index contributed by atoms with van der Waals surface area (Å²) in [5.74, 6) is 0.698. The standard InChI is InChI=1S/C9H14N4/c1-10-9(11-2)13-12-8-6-4-3-5-7-8/h3-7,12H,1-2H3,(H2,10,11,13).